The number of ether oxygens (including phenoxy) is 1. The number of rotatable bonds is 6. The predicted molar refractivity (Wildman–Crippen MR) is 78.5 cm³/mol. The predicted octanol–water partition coefficient (Wildman–Crippen LogP) is 4.82. The lowest BCUT2D eigenvalue weighted by Gasteiger charge is -2.18. The Morgan fingerprint density at radius 1 is 1.22 bits per heavy atom. The van der Waals surface area contributed by atoms with E-state index in [4.69, 9.17) is 16.3 Å². The second-order valence-electron chi connectivity index (χ2n) is 4.79. The van der Waals surface area contributed by atoms with Gasteiger partial charge in [-0.15, -0.1) is 11.6 Å². The smallest absolute Gasteiger partial charge is 0.119 e. The zero-order chi connectivity index (χ0) is 12.8. The van der Waals surface area contributed by atoms with Crippen molar-refractivity contribution in [1.82, 2.24) is 0 Å². The summed E-state index contributed by atoms with van der Waals surface area (Å²) in [5.74, 6) is 1.75. The molecule has 1 aromatic carbocycles. The van der Waals surface area contributed by atoms with Crippen LogP contribution in [0.5, 0.6) is 5.75 Å². The number of hydrogen-bond donors (Lipinski definition) is 0. The van der Waals surface area contributed by atoms with E-state index >= 15 is 0 Å². The highest BCUT2D eigenvalue weighted by atomic mass is 35.5. The van der Waals surface area contributed by atoms with Crippen molar-refractivity contribution in [3.63, 3.8) is 0 Å². The average molecular weight is 265 g/mol. The van der Waals surface area contributed by atoms with E-state index < -0.39 is 0 Å². The molecule has 0 aromatic heterocycles. The summed E-state index contributed by atoms with van der Waals surface area (Å²) in [4.78, 5) is 0. The van der Waals surface area contributed by atoms with Gasteiger partial charge in [-0.25, -0.2) is 0 Å². The highest BCUT2D eigenvalue weighted by Gasteiger charge is 2.12. The van der Waals surface area contributed by atoms with Crippen LogP contribution in [0.3, 0.4) is 0 Å². The summed E-state index contributed by atoms with van der Waals surface area (Å²) in [5, 5.41) is 0. The van der Waals surface area contributed by atoms with Gasteiger partial charge in [0.15, 0.2) is 0 Å². The van der Waals surface area contributed by atoms with Gasteiger partial charge in [0.25, 0.3) is 0 Å². The maximum atomic E-state index is 5.71. The van der Waals surface area contributed by atoms with Gasteiger partial charge in [-0.1, -0.05) is 18.6 Å². The summed E-state index contributed by atoms with van der Waals surface area (Å²) in [5.41, 5.74) is 4.37. The second kappa shape index (κ2) is 6.84. The van der Waals surface area contributed by atoms with E-state index in [0.717, 1.165) is 30.9 Å². The topological polar surface area (TPSA) is 9.23 Å². The van der Waals surface area contributed by atoms with Crippen LogP contribution in [0.2, 0.25) is 0 Å². The minimum Gasteiger partial charge on any atom is -0.497 e. The van der Waals surface area contributed by atoms with Gasteiger partial charge >= 0.3 is 0 Å². The van der Waals surface area contributed by atoms with Gasteiger partial charge < -0.3 is 4.74 Å². The fourth-order valence-electron chi connectivity index (χ4n) is 2.55. The van der Waals surface area contributed by atoms with Gasteiger partial charge in [0, 0.05) is 5.88 Å². The summed E-state index contributed by atoms with van der Waals surface area (Å²) in [7, 11) is 1.73. The number of aryl methyl sites for hydroxylation is 1. The van der Waals surface area contributed by atoms with Gasteiger partial charge in [0.1, 0.15) is 5.75 Å². The molecule has 2 rings (SSSR count). The minimum atomic E-state index is 0.785. The number of alkyl halides is 1. The molecule has 0 heterocycles. The van der Waals surface area contributed by atoms with Crippen molar-refractivity contribution in [2.24, 2.45) is 0 Å². The first-order chi connectivity index (χ1) is 8.85. The molecule has 0 radical (unpaired) electrons. The molecule has 0 atom stereocenters. The zero-order valence-corrected chi connectivity index (χ0v) is 11.8. The minimum absolute atomic E-state index is 0.785. The average Bonchev–Trinajstić information content (AvgIpc) is 2.43. The van der Waals surface area contributed by atoms with Crippen LogP contribution in [0.4, 0.5) is 0 Å². The van der Waals surface area contributed by atoms with Crippen molar-refractivity contribution in [3.8, 4) is 5.75 Å². The lowest BCUT2D eigenvalue weighted by Crippen LogP contribution is -2.00. The van der Waals surface area contributed by atoms with E-state index in [1.807, 2.05) is 0 Å². The summed E-state index contributed by atoms with van der Waals surface area (Å²) >= 11 is 5.71. The van der Waals surface area contributed by atoms with Gasteiger partial charge in [0.05, 0.1) is 7.11 Å². The molecule has 1 aliphatic rings. The Morgan fingerprint density at radius 2 is 2.11 bits per heavy atom. The molecule has 0 unspecified atom stereocenters. The molecule has 1 aliphatic carbocycles. The summed E-state index contributed by atoms with van der Waals surface area (Å²) in [6.45, 7) is 0. The van der Waals surface area contributed by atoms with Crippen LogP contribution < -0.4 is 4.74 Å². The molecule has 1 nitrogen and oxygen atoms in total. The number of unbranched alkanes of at least 4 members (excludes halogenated alkanes) is 2. The van der Waals surface area contributed by atoms with Crippen molar-refractivity contribution < 1.29 is 4.74 Å². The first-order valence-corrected chi connectivity index (χ1v) is 7.31. The Morgan fingerprint density at radius 3 is 2.89 bits per heavy atom. The number of benzene rings is 1. The van der Waals surface area contributed by atoms with Gasteiger partial charge in [0.2, 0.25) is 0 Å². The van der Waals surface area contributed by atoms with E-state index in [9.17, 15) is 0 Å². The fraction of sp³-hybridized carbons (Fsp3) is 0.500. The number of allylic oxidation sites excluding steroid dienone is 2. The first-order valence-electron chi connectivity index (χ1n) is 6.77. The number of hydrogen-bond acceptors (Lipinski definition) is 1. The Hall–Kier alpha value is -0.950. The van der Waals surface area contributed by atoms with Crippen LogP contribution in [-0.4, -0.2) is 13.0 Å². The van der Waals surface area contributed by atoms with E-state index in [1.165, 1.54) is 36.0 Å². The van der Waals surface area contributed by atoms with Crippen LogP contribution >= 0.6 is 11.6 Å². The Balaban J connectivity index is 2.04. The van der Waals surface area contributed by atoms with Crippen molar-refractivity contribution in [1.29, 1.82) is 0 Å². The molecular weight excluding hydrogens is 244 g/mol. The second-order valence-corrected chi connectivity index (χ2v) is 5.17. The Bertz CT molecular complexity index is 423. The monoisotopic (exact) mass is 264 g/mol. The lowest BCUT2D eigenvalue weighted by atomic mass is 9.88. The number of methoxy groups -OCH3 is 1. The quantitative estimate of drug-likeness (QED) is 0.529. The van der Waals surface area contributed by atoms with Crippen LogP contribution in [0.1, 0.15) is 43.2 Å². The van der Waals surface area contributed by atoms with Crippen molar-refractivity contribution in [2.45, 2.75) is 38.5 Å². The molecule has 0 aliphatic heterocycles. The van der Waals surface area contributed by atoms with Crippen molar-refractivity contribution in [3.05, 3.63) is 35.4 Å². The summed E-state index contributed by atoms with van der Waals surface area (Å²) in [6.07, 6.45) is 9.47. The third-order valence-electron chi connectivity index (χ3n) is 3.54. The number of halogens is 1. The standard InChI is InChI=1S/C16H21ClO/c1-18-15-9-10-16-13(6-3-2-4-11-17)7-5-8-14(16)12-15/h7,9-10,12H,2-6,8,11H2,1H3. The molecule has 98 valence electrons. The van der Waals surface area contributed by atoms with E-state index in [1.54, 1.807) is 7.11 Å². The molecule has 1 aromatic rings. The fourth-order valence-corrected chi connectivity index (χ4v) is 2.74. The first kappa shape index (κ1) is 13.5. The molecule has 0 saturated heterocycles. The normalized spacial score (nSPS) is 14.0. The molecule has 0 amide bonds. The molecule has 0 fully saturated rings. The van der Waals surface area contributed by atoms with E-state index in [0.29, 0.717) is 0 Å². The van der Waals surface area contributed by atoms with Crippen molar-refractivity contribution in [2.75, 3.05) is 13.0 Å². The molecular formula is C16H21ClO. The Labute approximate surface area is 115 Å². The Kier molecular flexibility index (Phi) is 5.12. The third-order valence-corrected chi connectivity index (χ3v) is 3.81. The molecule has 0 spiro atoms. The third kappa shape index (κ3) is 3.29. The van der Waals surface area contributed by atoms with Crippen LogP contribution in [-0.2, 0) is 6.42 Å². The van der Waals surface area contributed by atoms with Crippen LogP contribution in [0, 0.1) is 0 Å². The zero-order valence-electron chi connectivity index (χ0n) is 11.0. The molecule has 0 N–H and O–H groups in total. The summed E-state index contributed by atoms with van der Waals surface area (Å²) < 4.78 is 5.29. The highest BCUT2D eigenvalue weighted by Crippen LogP contribution is 2.32. The maximum Gasteiger partial charge on any atom is 0.119 e. The largest absolute Gasteiger partial charge is 0.497 e. The van der Waals surface area contributed by atoms with Gasteiger partial charge in [-0.3, -0.25) is 0 Å². The van der Waals surface area contributed by atoms with E-state index in [2.05, 4.69) is 24.3 Å². The van der Waals surface area contributed by atoms with Crippen LogP contribution in [0.15, 0.2) is 24.3 Å². The maximum absolute atomic E-state index is 5.71. The molecule has 2 heteroatoms. The van der Waals surface area contributed by atoms with Crippen molar-refractivity contribution >= 4 is 17.2 Å². The molecule has 0 bridgehead atoms. The molecule has 18 heavy (non-hydrogen) atoms. The molecule has 0 saturated carbocycles. The van der Waals surface area contributed by atoms with Crippen LogP contribution in [0.25, 0.3) is 5.57 Å². The lowest BCUT2D eigenvalue weighted by molar-refractivity contribution is 0.414. The van der Waals surface area contributed by atoms with Gasteiger partial charge in [-0.05, 0) is 60.9 Å². The van der Waals surface area contributed by atoms with E-state index in [-0.39, 0.29) is 0 Å². The SMILES string of the molecule is COc1ccc2c(c1)CCC=C2CCCCCCl. The highest BCUT2D eigenvalue weighted by molar-refractivity contribution is 6.17. The van der Waals surface area contributed by atoms with Gasteiger partial charge in [-0.2, -0.15) is 0 Å². The summed E-state index contributed by atoms with van der Waals surface area (Å²) in [6, 6.07) is 6.46. The number of fused-ring (bicyclic) bond motifs is 1.